The summed E-state index contributed by atoms with van der Waals surface area (Å²) in [5, 5.41) is 23.6. The van der Waals surface area contributed by atoms with E-state index in [0.29, 0.717) is 22.4 Å². The fourth-order valence-electron chi connectivity index (χ4n) is 1.85. The average molecular weight is 325 g/mol. The van der Waals surface area contributed by atoms with Crippen molar-refractivity contribution in [2.45, 2.75) is 6.54 Å². The van der Waals surface area contributed by atoms with Gasteiger partial charge in [-0.1, -0.05) is 23.2 Å². The van der Waals surface area contributed by atoms with Crippen molar-refractivity contribution < 1.29 is 4.92 Å². The molecular formula is C13H10Cl2N4O2. The van der Waals surface area contributed by atoms with E-state index >= 15 is 0 Å². The van der Waals surface area contributed by atoms with Gasteiger partial charge in [0.15, 0.2) is 0 Å². The van der Waals surface area contributed by atoms with Crippen molar-refractivity contribution in [3.63, 3.8) is 0 Å². The molecule has 21 heavy (non-hydrogen) atoms. The summed E-state index contributed by atoms with van der Waals surface area (Å²) < 4.78 is 1.69. The van der Waals surface area contributed by atoms with Gasteiger partial charge in [-0.2, -0.15) is 5.26 Å². The third kappa shape index (κ3) is 3.10. The molecule has 0 aliphatic carbocycles. The summed E-state index contributed by atoms with van der Waals surface area (Å²) in [7, 11) is 1.75. The number of anilines is 1. The number of rotatable bonds is 4. The van der Waals surface area contributed by atoms with Gasteiger partial charge in [0, 0.05) is 18.8 Å². The summed E-state index contributed by atoms with van der Waals surface area (Å²) in [4.78, 5) is 10.5. The molecule has 2 rings (SSSR count). The summed E-state index contributed by atoms with van der Waals surface area (Å²) in [6, 6.07) is 7.81. The zero-order valence-electron chi connectivity index (χ0n) is 10.9. The predicted octanol–water partition coefficient (Wildman–Crippen LogP) is 3.72. The van der Waals surface area contributed by atoms with E-state index in [1.54, 1.807) is 17.7 Å². The van der Waals surface area contributed by atoms with E-state index in [1.807, 2.05) is 6.07 Å². The highest BCUT2D eigenvalue weighted by Gasteiger charge is 2.15. The average Bonchev–Trinajstić information content (AvgIpc) is 2.72. The molecule has 0 spiro atoms. The van der Waals surface area contributed by atoms with Gasteiger partial charge in [0.2, 0.25) is 0 Å². The SMILES string of the molecule is Cn1c(CNc2ccc(C#N)cc2[N+](=O)[O-])cc(Cl)c1Cl. The zero-order chi connectivity index (χ0) is 15.6. The van der Waals surface area contributed by atoms with Crippen molar-refractivity contribution in [2.75, 3.05) is 5.32 Å². The molecule has 0 bridgehead atoms. The molecule has 0 amide bonds. The molecule has 0 radical (unpaired) electrons. The van der Waals surface area contributed by atoms with E-state index in [4.69, 9.17) is 28.5 Å². The topological polar surface area (TPSA) is 83.9 Å². The lowest BCUT2D eigenvalue weighted by Gasteiger charge is -2.08. The Bertz CT molecular complexity index is 749. The maximum Gasteiger partial charge on any atom is 0.293 e. The van der Waals surface area contributed by atoms with Crippen molar-refractivity contribution in [1.29, 1.82) is 5.26 Å². The van der Waals surface area contributed by atoms with E-state index in [-0.39, 0.29) is 11.3 Å². The van der Waals surface area contributed by atoms with Gasteiger partial charge in [0.05, 0.1) is 28.1 Å². The fourth-order valence-corrected chi connectivity index (χ4v) is 2.26. The molecule has 0 unspecified atom stereocenters. The number of nitrogens with one attached hydrogen (secondary N) is 1. The molecule has 0 fully saturated rings. The highest BCUT2D eigenvalue weighted by Crippen LogP contribution is 2.28. The smallest absolute Gasteiger partial charge is 0.293 e. The van der Waals surface area contributed by atoms with Gasteiger partial charge < -0.3 is 9.88 Å². The Labute approximate surface area is 130 Å². The molecule has 8 heteroatoms. The highest BCUT2D eigenvalue weighted by atomic mass is 35.5. The van der Waals surface area contributed by atoms with Crippen LogP contribution in [0.25, 0.3) is 0 Å². The number of hydrogen-bond donors (Lipinski definition) is 1. The van der Waals surface area contributed by atoms with Crippen LogP contribution in [0.4, 0.5) is 11.4 Å². The number of benzene rings is 1. The molecule has 1 heterocycles. The van der Waals surface area contributed by atoms with Crippen molar-refractivity contribution in [3.05, 3.63) is 55.8 Å². The molecule has 2 aromatic rings. The van der Waals surface area contributed by atoms with Gasteiger partial charge in [-0.3, -0.25) is 10.1 Å². The van der Waals surface area contributed by atoms with E-state index in [2.05, 4.69) is 5.32 Å². The minimum Gasteiger partial charge on any atom is -0.374 e. The second kappa shape index (κ2) is 6.04. The van der Waals surface area contributed by atoms with Gasteiger partial charge >= 0.3 is 0 Å². The van der Waals surface area contributed by atoms with Gasteiger partial charge in [0.25, 0.3) is 5.69 Å². The highest BCUT2D eigenvalue weighted by molar-refractivity contribution is 6.41. The van der Waals surface area contributed by atoms with Crippen LogP contribution in [0.15, 0.2) is 24.3 Å². The molecular weight excluding hydrogens is 315 g/mol. The number of nitro groups is 1. The minimum absolute atomic E-state index is 0.152. The van der Waals surface area contributed by atoms with Gasteiger partial charge in [-0.25, -0.2) is 0 Å². The van der Waals surface area contributed by atoms with Crippen LogP contribution >= 0.6 is 23.2 Å². The van der Waals surface area contributed by atoms with Crippen LogP contribution in [0, 0.1) is 21.4 Å². The van der Waals surface area contributed by atoms with Crippen LogP contribution in [0.1, 0.15) is 11.3 Å². The van der Waals surface area contributed by atoms with Gasteiger partial charge in [-0.15, -0.1) is 0 Å². The van der Waals surface area contributed by atoms with Crippen LogP contribution in [-0.4, -0.2) is 9.49 Å². The van der Waals surface area contributed by atoms with Crippen molar-refractivity contribution >= 4 is 34.6 Å². The number of nitriles is 1. The van der Waals surface area contributed by atoms with Gasteiger partial charge in [-0.05, 0) is 18.2 Å². The third-order valence-electron chi connectivity index (χ3n) is 3.00. The summed E-state index contributed by atoms with van der Waals surface area (Å²) in [6.07, 6.45) is 0. The van der Waals surface area contributed by atoms with Crippen LogP contribution < -0.4 is 5.32 Å². The second-order valence-corrected chi connectivity index (χ2v) is 5.05. The summed E-state index contributed by atoms with van der Waals surface area (Å²) in [6.45, 7) is 0.315. The number of hydrogen-bond acceptors (Lipinski definition) is 4. The van der Waals surface area contributed by atoms with Crippen molar-refractivity contribution in [2.24, 2.45) is 7.05 Å². The predicted molar refractivity (Wildman–Crippen MR) is 80.6 cm³/mol. The number of halogens is 2. The molecule has 108 valence electrons. The molecule has 0 saturated heterocycles. The van der Waals surface area contributed by atoms with E-state index in [9.17, 15) is 10.1 Å². The Kier molecular flexibility index (Phi) is 4.36. The molecule has 1 aromatic heterocycles. The first-order valence-electron chi connectivity index (χ1n) is 5.86. The lowest BCUT2D eigenvalue weighted by Crippen LogP contribution is -2.06. The fraction of sp³-hybridized carbons (Fsp3) is 0.154. The van der Waals surface area contributed by atoms with Crippen molar-refractivity contribution in [1.82, 2.24) is 4.57 Å². The van der Waals surface area contributed by atoms with Crippen LogP contribution in [-0.2, 0) is 13.6 Å². The Hall–Kier alpha value is -2.23. The standard InChI is InChI=1S/C13H10Cl2N4O2/c1-18-9(5-10(14)13(18)15)7-17-11-3-2-8(6-16)4-12(11)19(20)21/h2-5,17H,7H2,1H3. The monoisotopic (exact) mass is 324 g/mol. The van der Waals surface area contributed by atoms with Crippen molar-refractivity contribution in [3.8, 4) is 6.07 Å². The third-order valence-corrected chi connectivity index (χ3v) is 3.84. The Morgan fingerprint density at radius 2 is 2.14 bits per heavy atom. The Balaban J connectivity index is 2.26. The van der Waals surface area contributed by atoms with Gasteiger partial charge in [0.1, 0.15) is 10.8 Å². The first kappa shape index (κ1) is 15.2. The largest absolute Gasteiger partial charge is 0.374 e. The quantitative estimate of drug-likeness (QED) is 0.686. The molecule has 1 aromatic carbocycles. The Morgan fingerprint density at radius 1 is 1.43 bits per heavy atom. The van der Waals surface area contributed by atoms with E-state index < -0.39 is 4.92 Å². The summed E-state index contributed by atoms with van der Waals surface area (Å²) >= 11 is 11.9. The maximum atomic E-state index is 11.0. The first-order valence-corrected chi connectivity index (χ1v) is 6.61. The lowest BCUT2D eigenvalue weighted by atomic mass is 10.2. The normalized spacial score (nSPS) is 10.2. The van der Waals surface area contributed by atoms with Crippen LogP contribution in [0.2, 0.25) is 10.2 Å². The minimum atomic E-state index is -0.534. The van der Waals surface area contributed by atoms with E-state index in [1.165, 1.54) is 18.2 Å². The number of nitro benzene ring substituents is 1. The second-order valence-electron chi connectivity index (χ2n) is 4.29. The number of aromatic nitrogens is 1. The first-order chi connectivity index (χ1) is 9.93. The molecule has 0 aliphatic rings. The molecule has 0 saturated carbocycles. The molecule has 0 aliphatic heterocycles. The summed E-state index contributed by atoms with van der Waals surface area (Å²) in [5.74, 6) is 0. The summed E-state index contributed by atoms with van der Waals surface area (Å²) in [5.41, 5.74) is 1.19. The maximum absolute atomic E-state index is 11.0. The van der Waals surface area contributed by atoms with Crippen LogP contribution in [0.5, 0.6) is 0 Å². The molecule has 0 atom stereocenters. The molecule has 1 N–H and O–H groups in total. The zero-order valence-corrected chi connectivity index (χ0v) is 12.4. The number of nitrogens with zero attached hydrogens (tertiary/aromatic N) is 3. The Morgan fingerprint density at radius 3 is 2.67 bits per heavy atom. The lowest BCUT2D eigenvalue weighted by molar-refractivity contribution is -0.384. The van der Waals surface area contributed by atoms with E-state index in [0.717, 1.165) is 5.69 Å². The van der Waals surface area contributed by atoms with Crippen LogP contribution in [0.3, 0.4) is 0 Å². The molecule has 6 nitrogen and oxygen atoms in total.